The van der Waals surface area contributed by atoms with Gasteiger partial charge in [-0.25, -0.2) is 0 Å². The minimum Gasteiger partial charge on any atom is -0.380 e. The molecule has 146 valence electrons. The first-order valence-electron chi connectivity index (χ1n) is 10.00. The molecule has 0 aromatic rings. The number of unbranched alkanes of at least 4 members (excludes halogenated alkanes) is 3. The van der Waals surface area contributed by atoms with E-state index in [1.807, 2.05) is 11.0 Å². The number of rotatable bonds is 15. The summed E-state index contributed by atoms with van der Waals surface area (Å²) in [5, 5.41) is 0. The standard InChI is InChI=1S/C20H37NO4/c1-4-7-13-23-16-12-21-18(17-24-14-8-5-2)19(10-11-20(21)22)25-15-9-6-3/h10-11,18-19H,4-9,12-17H2,1-3H3. The van der Waals surface area contributed by atoms with Crippen LogP contribution < -0.4 is 0 Å². The first kappa shape index (κ1) is 22.1. The monoisotopic (exact) mass is 355 g/mol. The molecule has 0 radical (unpaired) electrons. The van der Waals surface area contributed by atoms with Crippen LogP contribution in [0.2, 0.25) is 0 Å². The van der Waals surface area contributed by atoms with Gasteiger partial charge < -0.3 is 19.1 Å². The summed E-state index contributed by atoms with van der Waals surface area (Å²) in [7, 11) is 0. The fraction of sp³-hybridized carbons (Fsp3) is 0.850. The topological polar surface area (TPSA) is 48.0 Å². The number of carbonyl (C=O) groups is 1. The van der Waals surface area contributed by atoms with Gasteiger partial charge >= 0.3 is 0 Å². The number of carbonyl (C=O) groups excluding carboxylic acids is 1. The number of hydrogen-bond donors (Lipinski definition) is 0. The van der Waals surface area contributed by atoms with E-state index in [0.717, 1.165) is 51.7 Å². The van der Waals surface area contributed by atoms with Crippen LogP contribution in [0.15, 0.2) is 12.2 Å². The molecule has 2 unspecified atom stereocenters. The van der Waals surface area contributed by atoms with E-state index in [2.05, 4.69) is 20.8 Å². The summed E-state index contributed by atoms with van der Waals surface area (Å²) >= 11 is 0. The third kappa shape index (κ3) is 8.84. The van der Waals surface area contributed by atoms with Gasteiger partial charge in [-0.2, -0.15) is 0 Å². The Morgan fingerprint density at radius 2 is 1.56 bits per heavy atom. The fourth-order valence-corrected chi connectivity index (χ4v) is 2.69. The predicted octanol–water partition coefficient (Wildman–Crippen LogP) is 3.57. The van der Waals surface area contributed by atoms with Crippen molar-refractivity contribution in [3.05, 3.63) is 12.2 Å². The van der Waals surface area contributed by atoms with Gasteiger partial charge in [-0.3, -0.25) is 4.79 Å². The second kappa shape index (κ2) is 14.3. The van der Waals surface area contributed by atoms with Crippen molar-refractivity contribution < 1.29 is 19.0 Å². The van der Waals surface area contributed by atoms with Gasteiger partial charge in [0.2, 0.25) is 5.91 Å². The highest BCUT2D eigenvalue weighted by atomic mass is 16.5. The average molecular weight is 356 g/mol. The third-order valence-corrected chi connectivity index (χ3v) is 4.35. The van der Waals surface area contributed by atoms with Crippen LogP contribution in [0.1, 0.15) is 59.3 Å². The van der Waals surface area contributed by atoms with Gasteiger partial charge in [0.15, 0.2) is 0 Å². The maximum Gasteiger partial charge on any atom is 0.246 e. The molecule has 1 amide bonds. The maximum atomic E-state index is 12.4. The largest absolute Gasteiger partial charge is 0.380 e. The Kier molecular flexibility index (Phi) is 12.6. The summed E-state index contributed by atoms with van der Waals surface area (Å²) in [6.45, 7) is 10.3. The molecule has 25 heavy (non-hydrogen) atoms. The molecule has 1 rings (SSSR count). The molecule has 0 N–H and O–H groups in total. The summed E-state index contributed by atoms with van der Waals surface area (Å²) in [6, 6.07) is -0.0685. The van der Waals surface area contributed by atoms with E-state index in [-0.39, 0.29) is 18.1 Å². The molecule has 5 heteroatoms. The number of amides is 1. The Hall–Kier alpha value is -0.910. The maximum absolute atomic E-state index is 12.4. The molecule has 0 spiro atoms. The molecular formula is C20H37NO4. The number of ether oxygens (including phenoxy) is 3. The number of nitrogens with zero attached hydrogens (tertiary/aromatic N) is 1. The van der Waals surface area contributed by atoms with Crippen LogP contribution in [-0.2, 0) is 19.0 Å². The fourth-order valence-electron chi connectivity index (χ4n) is 2.69. The lowest BCUT2D eigenvalue weighted by Crippen LogP contribution is -2.53. The van der Waals surface area contributed by atoms with Crippen LogP contribution in [0.3, 0.4) is 0 Å². The van der Waals surface area contributed by atoms with E-state index >= 15 is 0 Å². The molecule has 0 aliphatic carbocycles. The highest BCUT2D eigenvalue weighted by molar-refractivity contribution is 5.89. The van der Waals surface area contributed by atoms with E-state index < -0.39 is 0 Å². The highest BCUT2D eigenvalue weighted by Gasteiger charge is 2.33. The molecule has 1 aliphatic rings. The van der Waals surface area contributed by atoms with Crippen LogP contribution in [0, 0.1) is 0 Å². The smallest absolute Gasteiger partial charge is 0.246 e. The number of hydrogen-bond acceptors (Lipinski definition) is 4. The quantitative estimate of drug-likeness (QED) is 0.421. The second-order valence-electron chi connectivity index (χ2n) is 6.54. The first-order chi connectivity index (χ1) is 12.2. The third-order valence-electron chi connectivity index (χ3n) is 4.35. The molecule has 2 atom stereocenters. The Morgan fingerprint density at radius 3 is 2.24 bits per heavy atom. The van der Waals surface area contributed by atoms with Crippen LogP contribution in [0.4, 0.5) is 0 Å². The van der Waals surface area contributed by atoms with E-state index in [0.29, 0.717) is 26.4 Å². The van der Waals surface area contributed by atoms with Crippen molar-refractivity contribution in [3.8, 4) is 0 Å². The average Bonchev–Trinajstić information content (AvgIpc) is 2.62. The minimum atomic E-state index is -0.0958. The Labute approximate surface area is 153 Å². The van der Waals surface area contributed by atoms with Gasteiger partial charge in [0.25, 0.3) is 0 Å². The van der Waals surface area contributed by atoms with Crippen molar-refractivity contribution in [1.82, 2.24) is 4.90 Å². The molecule has 0 saturated carbocycles. The molecule has 5 nitrogen and oxygen atoms in total. The predicted molar refractivity (Wildman–Crippen MR) is 101 cm³/mol. The normalized spacial score (nSPS) is 20.4. The molecule has 0 bridgehead atoms. The van der Waals surface area contributed by atoms with Crippen molar-refractivity contribution in [3.63, 3.8) is 0 Å². The lowest BCUT2D eigenvalue weighted by Gasteiger charge is -2.38. The molecule has 0 fully saturated rings. The first-order valence-corrected chi connectivity index (χ1v) is 10.00. The minimum absolute atomic E-state index is 0.0264. The molecule has 1 aliphatic heterocycles. The van der Waals surface area contributed by atoms with Gasteiger partial charge in [-0.05, 0) is 25.3 Å². The molecule has 0 saturated heterocycles. The Morgan fingerprint density at radius 1 is 0.920 bits per heavy atom. The van der Waals surface area contributed by atoms with Crippen LogP contribution in [0.5, 0.6) is 0 Å². The molecule has 0 aromatic heterocycles. The van der Waals surface area contributed by atoms with Crippen LogP contribution >= 0.6 is 0 Å². The second-order valence-corrected chi connectivity index (χ2v) is 6.54. The zero-order chi connectivity index (χ0) is 18.3. The van der Waals surface area contributed by atoms with E-state index in [9.17, 15) is 4.79 Å². The van der Waals surface area contributed by atoms with Crippen molar-refractivity contribution in [1.29, 1.82) is 0 Å². The summed E-state index contributed by atoms with van der Waals surface area (Å²) in [4.78, 5) is 14.2. The zero-order valence-electron chi connectivity index (χ0n) is 16.4. The van der Waals surface area contributed by atoms with Gasteiger partial charge in [0.1, 0.15) is 0 Å². The zero-order valence-corrected chi connectivity index (χ0v) is 16.4. The molecule has 0 aromatic carbocycles. The summed E-state index contributed by atoms with van der Waals surface area (Å²) in [5.41, 5.74) is 0. The van der Waals surface area contributed by atoms with E-state index in [1.54, 1.807) is 6.08 Å². The highest BCUT2D eigenvalue weighted by Crippen LogP contribution is 2.18. The molecular weight excluding hydrogens is 318 g/mol. The van der Waals surface area contributed by atoms with E-state index in [4.69, 9.17) is 14.2 Å². The lowest BCUT2D eigenvalue weighted by molar-refractivity contribution is -0.136. The summed E-state index contributed by atoms with van der Waals surface area (Å²) < 4.78 is 17.5. The van der Waals surface area contributed by atoms with Gasteiger partial charge in [0.05, 0.1) is 25.4 Å². The summed E-state index contributed by atoms with van der Waals surface area (Å²) in [5.74, 6) is 0.0264. The van der Waals surface area contributed by atoms with Gasteiger partial charge in [-0.15, -0.1) is 0 Å². The van der Waals surface area contributed by atoms with Crippen LogP contribution in [-0.4, -0.2) is 62.5 Å². The van der Waals surface area contributed by atoms with Gasteiger partial charge in [-0.1, -0.05) is 40.0 Å². The lowest BCUT2D eigenvalue weighted by atomic mass is 10.0. The van der Waals surface area contributed by atoms with E-state index in [1.165, 1.54) is 0 Å². The summed E-state index contributed by atoms with van der Waals surface area (Å²) in [6.07, 6.45) is 9.87. The SMILES string of the molecule is CCCCOCCN1C(=O)C=CC(OCCCC)C1COCCCC. The van der Waals surface area contributed by atoms with Crippen molar-refractivity contribution >= 4 is 5.91 Å². The van der Waals surface area contributed by atoms with Gasteiger partial charge in [0, 0.05) is 32.4 Å². The van der Waals surface area contributed by atoms with Crippen molar-refractivity contribution in [2.75, 3.05) is 39.6 Å². The van der Waals surface area contributed by atoms with Crippen LogP contribution in [0.25, 0.3) is 0 Å². The van der Waals surface area contributed by atoms with Crippen molar-refractivity contribution in [2.24, 2.45) is 0 Å². The van der Waals surface area contributed by atoms with Crippen molar-refractivity contribution in [2.45, 2.75) is 71.4 Å². The Bertz CT molecular complexity index is 373. The molecule has 1 heterocycles. The Balaban J connectivity index is 2.59.